The number of pyridine rings is 1. The zero-order chi connectivity index (χ0) is 21.6. The minimum atomic E-state index is -3.52. The number of amides is 1. The second-order valence-electron chi connectivity index (χ2n) is 6.72. The first-order chi connectivity index (χ1) is 14.3. The minimum absolute atomic E-state index is 0.139. The predicted molar refractivity (Wildman–Crippen MR) is 110 cm³/mol. The molecule has 6 nitrogen and oxygen atoms in total. The number of halogens is 1. The first-order valence-electron chi connectivity index (χ1n) is 9.26. The highest BCUT2D eigenvalue weighted by Gasteiger charge is 2.16. The van der Waals surface area contributed by atoms with E-state index in [1.54, 1.807) is 36.4 Å². The molecule has 0 unspecified atom stereocenters. The molecule has 0 aliphatic heterocycles. The smallest absolute Gasteiger partial charge is 0.221 e. The lowest BCUT2D eigenvalue weighted by atomic mass is 10.2. The molecule has 1 amide bonds. The van der Waals surface area contributed by atoms with Crippen molar-refractivity contribution in [3.8, 4) is 11.6 Å². The molecule has 156 valence electrons. The van der Waals surface area contributed by atoms with Gasteiger partial charge in [0.15, 0.2) is 9.84 Å². The fourth-order valence-electron chi connectivity index (χ4n) is 2.62. The zero-order valence-electron chi connectivity index (χ0n) is 16.3. The molecule has 0 saturated carbocycles. The van der Waals surface area contributed by atoms with Crippen LogP contribution in [0.25, 0.3) is 0 Å². The van der Waals surface area contributed by atoms with Gasteiger partial charge in [-0.05, 0) is 55.0 Å². The van der Waals surface area contributed by atoms with Gasteiger partial charge in [0.1, 0.15) is 11.6 Å². The van der Waals surface area contributed by atoms with Gasteiger partial charge in [0.05, 0.1) is 10.6 Å². The van der Waals surface area contributed by atoms with Gasteiger partial charge in [0, 0.05) is 25.2 Å². The molecule has 0 radical (unpaired) electrons. The van der Waals surface area contributed by atoms with Crippen molar-refractivity contribution >= 4 is 15.7 Å². The molecular formula is C22H21FN2O4S. The highest BCUT2D eigenvalue weighted by atomic mass is 32.2. The largest absolute Gasteiger partial charge is 0.439 e. The van der Waals surface area contributed by atoms with Crippen molar-refractivity contribution in [2.24, 2.45) is 0 Å². The molecule has 1 aromatic heterocycles. The number of hydrogen-bond acceptors (Lipinski definition) is 5. The Labute approximate surface area is 174 Å². The van der Waals surface area contributed by atoms with Crippen molar-refractivity contribution in [1.29, 1.82) is 0 Å². The van der Waals surface area contributed by atoms with Crippen LogP contribution < -0.4 is 10.1 Å². The van der Waals surface area contributed by atoms with Crippen LogP contribution in [0.4, 0.5) is 4.39 Å². The maximum absolute atomic E-state index is 13.0. The number of nitrogens with zero attached hydrogens (tertiary/aromatic N) is 1. The first kappa shape index (κ1) is 21.4. The first-order valence-corrected chi connectivity index (χ1v) is 10.9. The molecule has 1 N–H and O–H groups in total. The van der Waals surface area contributed by atoms with Gasteiger partial charge in [-0.3, -0.25) is 4.79 Å². The van der Waals surface area contributed by atoms with E-state index in [9.17, 15) is 17.6 Å². The molecule has 30 heavy (non-hydrogen) atoms. The summed E-state index contributed by atoms with van der Waals surface area (Å²) in [5.74, 6) is -0.265. The summed E-state index contributed by atoms with van der Waals surface area (Å²) in [6.45, 7) is 2.07. The number of aromatic nitrogens is 1. The highest BCUT2D eigenvalue weighted by Crippen LogP contribution is 2.20. The van der Waals surface area contributed by atoms with Crippen LogP contribution in [-0.4, -0.2) is 25.1 Å². The summed E-state index contributed by atoms with van der Waals surface area (Å²) in [7, 11) is -3.52. The molecule has 0 aliphatic rings. The van der Waals surface area contributed by atoms with Crippen molar-refractivity contribution < 1.29 is 22.3 Å². The Hall–Kier alpha value is -3.26. The van der Waals surface area contributed by atoms with Crippen LogP contribution >= 0.6 is 0 Å². The van der Waals surface area contributed by atoms with E-state index in [4.69, 9.17) is 4.74 Å². The Morgan fingerprint density at radius 2 is 1.77 bits per heavy atom. The number of nitrogens with one attached hydrogen (secondary N) is 1. The van der Waals surface area contributed by atoms with Gasteiger partial charge < -0.3 is 10.1 Å². The monoisotopic (exact) mass is 428 g/mol. The Morgan fingerprint density at radius 1 is 1.07 bits per heavy atom. The van der Waals surface area contributed by atoms with Crippen LogP contribution in [-0.2, 0) is 21.2 Å². The van der Waals surface area contributed by atoms with Gasteiger partial charge in [0.2, 0.25) is 11.8 Å². The molecule has 8 heteroatoms. The van der Waals surface area contributed by atoms with E-state index in [1.807, 2.05) is 6.92 Å². The third-order valence-electron chi connectivity index (χ3n) is 4.30. The summed E-state index contributed by atoms with van der Waals surface area (Å²) >= 11 is 0. The molecule has 0 saturated heterocycles. The van der Waals surface area contributed by atoms with Crippen LogP contribution in [0, 0.1) is 12.7 Å². The summed E-state index contributed by atoms with van der Waals surface area (Å²) in [6.07, 6.45) is 1.39. The number of aryl methyl sites for hydroxylation is 1. The number of carbonyl (C=O) groups excluding carboxylic acids is 1. The fraction of sp³-hybridized carbons (Fsp3) is 0.182. The van der Waals surface area contributed by atoms with Gasteiger partial charge in [0.25, 0.3) is 0 Å². The van der Waals surface area contributed by atoms with Gasteiger partial charge in [-0.25, -0.2) is 17.8 Å². The van der Waals surface area contributed by atoms with E-state index in [0.717, 1.165) is 11.1 Å². The summed E-state index contributed by atoms with van der Waals surface area (Å²) in [6, 6.07) is 15.4. The third kappa shape index (κ3) is 6.12. The maximum Gasteiger partial charge on any atom is 0.221 e. The summed E-state index contributed by atoms with van der Waals surface area (Å²) < 4.78 is 43.2. The summed E-state index contributed by atoms with van der Waals surface area (Å²) in [4.78, 5) is 16.4. The Balaban J connectivity index is 1.52. The van der Waals surface area contributed by atoms with Crippen LogP contribution in [0.3, 0.4) is 0 Å². The fourth-order valence-corrected chi connectivity index (χ4v) is 3.86. The van der Waals surface area contributed by atoms with E-state index in [2.05, 4.69) is 10.3 Å². The molecular weight excluding hydrogens is 407 g/mol. The van der Waals surface area contributed by atoms with Crippen LogP contribution in [0.15, 0.2) is 71.8 Å². The van der Waals surface area contributed by atoms with Crippen molar-refractivity contribution in [2.45, 2.75) is 24.8 Å². The van der Waals surface area contributed by atoms with Crippen molar-refractivity contribution in [1.82, 2.24) is 10.3 Å². The Morgan fingerprint density at radius 3 is 2.47 bits per heavy atom. The van der Waals surface area contributed by atoms with Crippen molar-refractivity contribution in [3.05, 3.63) is 83.8 Å². The lowest BCUT2D eigenvalue weighted by molar-refractivity contribution is -0.120. The second kappa shape index (κ2) is 9.49. The number of sulfone groups is 1. The molecule has 0 aliphatic carbocycles. The number of rotatable bonds is 8. The SMILES string of the molecule is Cc1ccc(S(=O)(=O)CCC(=O)NCc2ccnc(Oc3ccc(F)cc3)c2)cc1. The molecule has 3 aromatic rings. The normalized spacial score (nSPS) is 11.1. The third-order valence-corrected chi connectivity index (χ3v) is 6.03. The minimum Gasteiger partial charge on any atom is -0.439 e. The lowest BCUT2D eigenvalue weighted by Crippen LogP contribution is -2.25. The zero-order valence-corrected chi connectivity index (χ0v) is 17.2. The number of benzene rings is 2. The van der Waals surface area contributed by atoms with E-state index < -0.39 is 9.84 Å². The second-order valence-corrected chi connectivity index (χ2v) is 8.83. The van der Waals surface area contributed by atoms with E-state index in [-0.39, 0.29) is 35.3 Å². The highest BCUT2D eigenvalue weighted by molar-refractivity contribution is 7.91. The molecule has 3 rings (SSSR count). The summed E-state index contributed by atoms with van der Waals surface area (Å²) in [5.41, 5.74) is 1.70. The number of carbonyl (C=O) groups is 1. The van der Waals surface area contributed by atoms with E-state index in [0.29, 0.717) is 11.6 Å². The van der Waals surface area contributed by atoms with Gasteiger partial charge in [-0.2, -0.15) is 0 Å². The van der Waals surface area contributed by atoms with Gasteiger partial charge in [-0.15, -0.1) is 0 Å². The average molecular weight is 428 g/mol. The molecule has 0 bridgehead atoms. The molecule has 0 fully saturated rings. The summed E-state index contributed by atoms with van der Waals surface area (Å²) in [5, 5.41) is 2.69. The standard InChI is InChI=1S/C22H21FN2O4S/c1-16-2-8-20(9-3-16)30(27,28)13-11-21(26)25-15-17-10-12-24-22(14-17)29-19-6-4-18(23)5-7-19/h2-10,12,14H,11,13,15H2,1H3,(H,25,26). The van der Waals surface area contributed by atoms with E-state index in [1.165, 1.54) is 30.5 Å². The van der Waals surface area contributed by atoms with Gasteiger partial charge in [-0.1, -0.05) is 17.7 Å². The number of ether oxygens (including phenoxy) is 1. The van der Waals surface area contributed by atoms with Crippen molar-refractivity contribution in [3.63, 3.8) is 0 Å². The molecule has 0 atom stereocenters. The van der Waals surface area contributed by atoms with Crippen LogP contribution in [0.1, 0.15) is 17.5 Å². The van der Waals surface area contributed by atoms with Crippen molar-refractivity contribution in [2.75, 3.05) is 5.75 Å². The van der Waals surface area contributed by atoms with Gasteiger partial charge >= 0.3 is 0 Å². The molecule has 0 spiro atoms. The quantitative estimate of drug-likeness (QED) is 0.590. The maximum atomic E-state index is 13.0. The number of hydrogen-bond donors (Lipinski definition) is 1. The molecule has 2 aromatic carbocycles. The lowest BCUT2D eigenvalue weighted by Gasteiger charge is -2.09. The van der Waals surface area contributed by atoms with E-state index >= 15 is 0 Å². The molecule has 1 heterocycles. The predicted octanol–water partition coefficient (Wildman–Crippen LogP) is 3.80. The topological polar surface area (TPSA) is 85.4 Å². The van der Waals surface area contributed by atoms with Crippen LogP contribution in [0.2, 0.25) is 0 Å². The Kier molecular flexibility index (Phi) is 6.79. The van der Waals surface area contributed by atoms with Crippen LogP contribution in [0.5, 0.6) is 11.6 Å². The average Bonchev–Trinajstić information content (AvgIpc) is 2.73. The Bertz CT molecular complexity index is 1110.